The van der Waals surface area contributed by atoms with Gasteiger partial charge in [-0.25, -0.2) is 9.78 Å². The first-order chi connectivity index (χ1) is 12.2. The fourth-order valence-corrected chi connectivity index (χ4v) is 3.30. The molecule has 2 aromatic heterocycles. The van der Waals surface area contributed by atoms with Crippen molar-refractivity contribution in [3.8, 4) is 5.82 Å². The standard InChI is InChI=1S/C20H23N3O2/c1-16-17-9-6-7-10-18(17)23(20(16)22-14-12-21-15-22)13-8-4-2-3-5-11-19(24)25/h5-7,9-12,14-15H,2-4,8,13H2,1H3,(H,24,25)/b11-5+. The van der Waals surface area contributed by atoms with Crippen LogP contribution in [0.1, 0.15) is 31.2 Å². The largest absolute Gasteiger partial charge is 0.478 e. The molecule has 0 aliphatic rings. The van der Waals surface area contributed by atoms with Crippen molar-refractivity contribution in [3.05, 3.63) is 60.7 Å². The number of para-hydroxylation sites is 1. The van der Waals surface area contributed by atoms with Crippen LogP contribution >= 0.6 is 0 Å². The number of rotatable bonds is 8. The molecule has 130 valence electrons. The van der Waals surface area contributed by atoms with E-state index in [1.165, 1.54) is 28.4 Å². The van der Waals surface area contributed by atoms with E-state index in [2.05, 4.69) is 45.3 Å². The van der Waals surface area contributed by atoms with Gasteiger partial charge in [0.05, 0.1) is 0 Å². The zero-order valence-corrected chi connectivity index (χ0v) is 14.4. The number of carboxylic acid groups (broad SMARTS) is 1. The van der Waals surface area contributed by atoms with Gasteiger partial charge in [-0.3, -0.25) is 4.57 Å². The van der Waals surface area contributed by atoms with Crippen molar-refractivity contribution in [1.29, 1.82) is 0 Å². The zero-order valence-electron chi connectivity index (χ0n) is 14.4. The van der Waals surface area contributed by atoms with E-state index in [0.717, 1.165) is 32.2 Å². The maximum absolute atomic E-state index is 10.5. The second kappa shape index (κ2) is 7.83. The number of carbonyl (C=O) groups is 1. The minimum absolute atomic E-state index is 0.812. The molecule has 0 amide bonds. The highest BCUT2D eigenvalue weighted by molar-refractivity contribution is 5.87. The quantitative estimate of drug-likeness (QED) is 0.491. The van der Waals surface area contributed by atoms with Gasteiger partial charge in [0, 0.05) is 35.9 Å². The molecule has 2 heterocycles. The maximum Gasteiger partial charge on any atom is 0.327 e. The number of fused-ring (bicyclic) bond motifs is 1. The summed E-state index contributed by atoms with van der Waals surface area (Å²) in [7, 11) is 0. The van der Waals surface area contributed by atoms with Crippen molar-refractivity contribution in [1.82, 2.24) is 14.1 Å². The summed E-state index contributed by atoms with van der Waals surface area (Å²) in [5, 5.41) is 9.86. The van der Waals surface area contributed by atoms with Gasteiger partial charge in [0.25, 0.3) is 0 Å². The normalized spacial score (nSPS) is 11.6. The minimum atomic E-state index is -0.876. The molecule has 0 spiro atoms. The van der Waals surface area contributed by atoms with Gasteiger partial charge < -0.3 is 9.67 Å². The number of hydrogen-bond acceptors (Lipinski definition) is 2. The van der Waals surface area contributed by atoms with Gasteiger partial charge in [-0.05, 0) is 37.8 Å². The molecule has 0 unspecified atom stereocenters. The van der Waals surface area contributed by atoms with E-state index in [0.29, 0.717) is 0 Å². The lowest BCUT2D eigenvalue weighted by molar-refractivity contribution is -0.131. The smallest absolute Gasteiger partial charge is 0.327 e. The van der Waals surface area contributed by atoms with Gasteiger partial charge in [0.15, 0.2) is 0 Å². The number of aromatic nitrogens is 3. The van der Waals surface area contributed by atoms with E-state index < -0.39 is 5.97 Å². The summed E-state index contributed by atoms with van der Waals surface area (Å²) in [6.07, 6.45) is 12.5. The summed E-state index contributed by atoms with van der Waals surface area (Å²) in [6, 6.07) is 8.48. The van der Waals surface area contributed by atoms with Crippen LogP contribution in [-0.4, -0.2) is 25.2 Å². The predicted molar refractivity (Wildman–Crippen MR) is 99.0 cm³/mol. The summed E-state index contributed by atoms with van der Waals surface area (Å²) in [5.41, 5.74) is 2.51. The number of carboxylic acids is 1. The molecule has 3 rings (SSSR count). The van der Waals surface area contributed by atoms with Crippen LogP contribution in [0.4, 0.5) is 0 Å². The monoisotopic (exact) mass is 337 g/mol. The van der Waals surface area contributed by atoms with Gasteiger partial charge >= 0.3 is 5.97 Å². The molecule has 0 saturated carbocycles. The third-order valence-corrected chi connectivity index (χ3v) is 4.45. The Labute approximate surface area is 147 Å². The van der Waals surface area contributed by atoms with Crippen molar-refractivity contribution in [2.24, 2.45) is 0 Å². The third kappa shape index (κ3) is 3.82. The second-order valence-corrected chi connectivity index (χ2v) is 6.18. The summed E-state index contributed by atoms with van der Waals surface area (Å²) < 4.78 is 4.43. The predicted octanol–water partition coefficient (Wildman–Crippen LogP) is 4.34. The van der Waals surface area contributed by atoms with Crippen molar-refractivity contribution < 1.29 is 9.90 Å². The van der Waals surface area contributed by atoms with Gasteiger partial charge in [-0.2, -0.15) is 0 Å². The molecule has 0 radical (unpaired) electrons. The number of allylic oxidation sites excluding steroid dienone is 1. The molecule has 0 saturated heterocycles. The molecule has 25 heavy (non-hydrogen) atoms. The van der Waals surface area contributed by atoms with Crippen molar-refractivity contribution in [2.75, 3.05) is 0 Å². The fourth-order valence-electron chi connectivity index (χ4n) is 3.30. The van der Waals surface area contributed by atoms with Crippen LogP contribution < -0.4 is 0 Å². The molecule has 0 bridgehead atoms. The molecule has 1 aromatic carbocycles. The average molecular weight is 337 g/mol. The Balaban J connectivity index is 1.74. The summed E-state index contributed by atoms with van der Waals surface area (Å²) >= 11 is 0. The molecule has 0 atom stereocenters. The fraction of sp³-hybridized carbons (Fsp3) is 0.300. The molecule has 3 aromatic rings. The van der Waals surface area contributed by atoms with Crippen molar-refractivity contribution >= 4 is 16.9 Å². The number of aryl methyl sites for hydroxylation is 2. The Morgan fingerprint density at radius 2 is 2.08 bits per heavy atom. The Morgan fingerprint density at radius 1 is 1.24 bits per heavy atom. The van der Waals surface area contributed by atoms with E-state index in [9.17, 15) is 4.79 Å². The summed E-state index contributed by atoms with van der Waals surface area (Å²) in [5.74, 6) is 0.295. The highest BCUT2D eigenvalue weighted by Crippen LogP contribution is 2.28. The minimum Gasteiger partial charge on any atom is -0.478 e. The van der Waals surface area contributed by atoms with E-state index in [1.807, 2.05) is 12.5 Å². The second-order valence-electron chi connectivity index (χ2n) is 6.18. The number of benzene rings is 1. The molecule has 0 fully saturated rings. The van der Waals surface area contributed by atoms with Crippen molar-refractivity contribution in [2.45, 2.75) is 39.2 Å². The van der Waals surface area contributed by atoms with Crippen LogP contribution in [0.5, 0.6) is 0 Å². The Morgan fingerprint density at radius 3 is 2.84 bits per heavy atom. The van der Waals surface area contributed by atoms with Crippen LogP contribution in [0.3, 0.4) is 0 Å². The molecule has 1 N–H and O–H groups in total. The van der Waals surface area contributed by atoms with Crippen LogP contribution in [-0.2, 0) is 11.3 Å². The lowest BCUT2D eigenvalue weighted by Crippen LogP contribution is -2.06. The van der Waals surface area contributed by atoms with E-state index >= 15 is 0 Å². The summed E-state index contributed by atoms with van der Waals surface area (Å²) in [4.78, 5) is 14.6. The van der Waals surface area contributed by atoms with Crippen LogP contribution in [0, 0.1) is 6.92 Å². The van der Waals surface area contributed by atoms with E-state index in [4.69, 9.17) is 5.11 Å². The number of imidazole rings is 1. The SMILES string of the molecule is Cc1c(-n2ccnc2)n(CCCCC/C=C/C(=O)O)c2ccccc12. The Hall–Kier alpha value is -2.82. The number of unbranched alkanes of at least 4 members (excludes halogenated alkanes) is 3. The molecule has 5 heteroatoms. The molecule has 0 aliphatic carbocycles. The topological polar surface area (TPSA) is 60.0 Å². The van der Waals surface area contributed by atoms with Crippen LogP contribution in [0.2, 0.25) is 0 Å². The number of hydrogen-bond donors (Lipinski definition) is 1. The van der Waals surface area contributed by atoms with Crippen LogP contribution in [0.25, 0.3) is 16.7 Å². The molecule has 5 nitrogen and oxygen atoms in total. The van der Waals surface area contributed by atoms with Crippen LogP contribution in [0.15, 0.2) is 55.1 Å². The van der Waals surface area contributed by atoms with Gasteiger partial charge in [0.2, 0.25) is 0 Å². The van der Waals surface area contributed by atoms with Crippen molar-refractivity contribution in [3.63, 3.8) is 0 Å². The zero-order chi connectivity index (χ0) is 17.6. The maximum atomic E-state index is 10.5. The van der Waals surface area contributed by atoms with Gasteiger partial charge in [-0.15, -0.1) is 0 Å². The van der Waals surface area contributed by atoms with E-state index in [-0.39, 0.29) is 0 Å². The highest BCUT2D eigenvalue weighted by Gasteiger charge is 2.14. The first kappa shape index (κ1) is 17.0. The van der Waals surface area contributed by atoms with E-state index in [1.54, 1.807) is 12.3 Å². The number of aliphatic carboxylic acids is 1. The van der Waals surface area contributed by atoms with Gasteiger partial charge in [-0.1, -0.05) is 30.7 Å². The molecular weight excluding hydrogens is 314 g/mol. The third-order valence-electron chi connectivity index (χ3n) is 4.45. The molecular formula is C20H23N3O2. The van der Waals surface area contributed by atoms with Gasteiger partial charge in [0.1, 0.15) is 12.1 Å². The number of nitrogens with zero attached hydrogens (tertiary/aromatic N) is 3. The highest BCUT2D eigenvalue weighted by atomic mass is 16.4. The summed E-state index contributed by atoms with van der Waals surface area (Å²) in [6.45, 7) is 3.09. The average Bonchev–Trinajstić information content (AvgIpc) is 3.21. The lowest BCUT2D eigenvalue weighted by Gasteiger charge is -2.12. The Kier molecular flexibility index (Phi) is 5.33. The Bertz CT molecular complexity index is 876. The lowest BCUT2D eigenvalue weighted by atomic mass is 10.2. The first-order valence-electron chi connectivity index (χ1n) is 8.64. The molecule has 0 aliphatic heterocycles. The first-order valence-corrected chi connectivity index (χ1v) is 8.64.